The molecule has 1 aliphatic rings. The maximum atomic E-state index is 12.5. The number of nitrogens with zero attached hydrogens (tertiary/aromatic N) is 3. The molecule has 0 unspecified atom stereocenters. The SMILES string of the molecule is O=C(NCCCS(=O)(=O)N1CCN(c2ccccn2)CC1)c1ccc(=O)[nH]c1. The highest BCUT2D eigenvalue weighted by atomic mass is 32.2. The van der Waals surface area contributed by atoms with Gasteiger partial charge >= 0.3 is 0 Å². The predicted octanol–water partition coefficient (Wildman–Crippen LogP) is 0.0418. The van der Waals surface area contributed by atoms with Crippen molar-refractivity contribution >= 4 is 21.7 Å². The molecular formula is C18H23N5O4S. The van der Waals surface area contributed by atoms with Crippen molar-refractivity contribution in [3.8, 4) is 0 Å². The summed E-state index contributed by atoms with van der Waals surface area (Å²) in [6.45, 7) is 2.27. The fourth-order valence-corrected chi connectivity index (χ4v) is 4.46. The van der Waals surface area contributed by atoms with Gasteiger partial charge in [0.25, 0.3) is 5.91 Å². The Balaban J connectivity index is 1.42. The Morgan fingerprint density at radius 1 is 1.14 bits per heavy atom. The molecule has 0 radical (unpaired) electrons. The van der Waals surface area contributed by atoms with E-state index >= 15 is 0 Å². The third-order valence-electron chi connectivity index (χ3n) is 4.52. The van der Waals surface area contributed by atoms with E-state index in [4.69, 9.17) is 0 Å². The number of carbonyl (C=O) groups is 1. The molecule has 0 aliphatic carbocycles. The highest BCUT2D eigenvalue weighted by molar-refractivity contribution is 7.89. The Morgan fingerprint density at radius 2 is 1.93 bits per heavy atom. The van der Waals surface area contributed by atoms with E-state index in [1.54, 1.807) is 6.20 Å². The minimum atomic E-state index is -3.37. The first-order valence-corrected chi connectivity index (χ1v) is 10.7. The number of aromatic amines is 1. The normalized spacial score (nSPS) is 15.4. The molecule has 2 aromatic rings. The summed E-state index contributed by atoms with van der Waals surface area (Å²) in [4.78, 5) is 31.7. The number of rotatable bonds is 7. The van der Waals surface area contributed by atoms with Crippen LogP contribution in [0, 0.1) is 0 Å². The Kier molecular flexibility index (Phi) is 6.42. The monoisotopic (exact) mass is 405 g/mol. The number of piperazine rings is 1. The van der Waals surface area contributed by atoms with Crippen LogP contribution in [0.1, 0.15) is 16.8 Å². The largest absolute Gasteiger partial charge is 0.354 e. The number of anilines is 1. The van der Waals surface area contributed by atoms with Gasteiger partial charge in [0.1, 0.15) is 5.82 Å². The Morgan fingerprint density at radius 3 is 2.57 bits per heavy atom. The van der Waals surface area contributed by atoms with E-state index in [9.17, 15) is 18.0 Å². The van der Waals surface area contributed by atoms with Crippen LogP contribution < -0.4 is 15.8 Å². The summed E-state index contributed by atoms with van der Waals surface area (Å²) in [6.07, 6.45) is 3.37. The van der Waals surface area contributed by atoms with E-state index in [1.165, 1.54) is 22.6 Å². The second kappa shape index (κ2) is 8.98. The molecule has 9 nitrogen and oxygen atoms in total. The molecule has 0 bridgehead atoms. The van der Waals surface area contributed by atoms with Gasteiger partial charge in [0, 0.05) is 51.2 Å². The van der Waals surface area contributed by atoms with Gasteiger partial charge in [-0.2, -0.15) is 4.31 Å². The summed E-state index contributed by atoms with van der Waals surface area (Å²) < 4.78 is 26.5. The van der Waals surface area contributed by atoms with Gasteiger partial charge in [-0.25, -0.2) is 13.4 Å². The van der Waals surface area contributed by atoms with Crippen LogP contribution in [0.5, 0.6) is 0 Å². The van der Waals surface area contributed by atoms with Gasteiger partial charge in [0.2, 0.25) is 15.6 Å². The second-order valence-corrected chi connectivity index (χ2v) is 8.53. The second-order valence-electron chi connectivity index (χ2n) is 6.44. The Bertz CT molecular complexity index is 933. The molecule has 0 atom stereocenters. The lowest BCUT2D eigenvalue weighted by molar-refractivity contribution is 0.0953. The van der Waals surface area contributed by atoms with Crippen LogP contribution in [0.4, 0.5) is 5.82 Å². The molecule has 2 aromatic heterocycles. The highest BCUT2D eigenvalue weighted by Crippen LogP contribution is 2.15. The molecule has 2 N–H and O–H groups in total. The van der Waals surface area contributed by atoms with Crippen LogP contribution in [0.3, 0.4) is 0 Å². The molecule has 28 heavy (non-hydrogen) atoms. The number of carbonyl (C=O) groups excluding carboxylic acids is 1. The van der Waals surface area contributed by atoms with Crippen LogP contribution in [-0.4, -0.2) is 67.1 Å². The van der Waals surface area contributed by atoms with Crippen molar-refractivity contribution in [2.45, 2.75) is 6.42 Å². The topological polar surface area (TPSA) is 115 Å². The molecule has 1 fully saturated rings. The highest BCUT2D eigenvalue weighted by Gasteiger charge is 2.26. The number of H-pyrrole nitrogens is 1. The lowest BCUT2D eigenvalue weighted by Crippen LogP contribution is -2.49. The standard InChI is InChI=1S/C18H23N5O4S/c24-17-6-5-15(14-21-17)18(25)20-8-3-13-28(26,27)23-11-9-22(10-12-23)16-4-1-2-7-19-16/h1-2,4-7,14H,3,8-13H2,(H,20,25)(H,21,24). The number of hydrogen-bond donors (Lipinski definition) is 2. The zero-order valence-electron chi connectivity index (χ0n) is 15.4. The van der Waals surface area contributed by atoms with Crippen molar-refractivity contribution in [2.75, 3.05) is 43.4 Å². The van der Waals surface area contributed by atoms with Crippen LogP contribution in [-0.2, 0) is 10.0 Å². The van der Waals surface area contributed by atoms with Gasteiger partial charge < -0.3 is 15.2 Å². The van der Waals surface area contributed by atoms with Gasteiger partial charge in [0.05, 0.1) is 11.3 Å². The maximum absolute atomic E-state index is 12.5. The summed E-state index contributed by atoms with van der Waals surface area (Å²) in [5.41, 5.74) is 0.0406. The smallest absolute Gasteiger partial charge is 0.252 e. The predicted molar refractivity (Wildman–Crippen MR) is 106 cm³/mol. The Labute approximate surface area is 163 Å². The van der Waals surface area contributed by atoms with Crippen LogP contribution in [0.2, 0.25) is 0 Å². The Hall–Kier alpha value is -2.72. The summed E-state index contributed by atoms with van der Waals surface area (Å²) in [6, 6.07) is 8.36. The number of aromatic nitrogens is 2. The number of pyridine rings is 2. The number of nitrogens with one attached hydrogen (secondary N) is 2. The van der Waals surface area contributed by atoms with Gasteiger partial charge in [-0.05, 0) is 24.6 Å². The van der Waals surface area contributed by atoms with E-state index in [2.05, 4.69) is 20.2 Å². The zero-order chi connectivity index (χ0) is 20.0. The van der Waals surface area contributed by atoms with E-state index in [0.717, 1.165) is 5.82 Å². The number of amides is 1. The molecule has 3 heterocycles. The first-order valence-electron chi connectivity index (χ1n) is 9.06. The first kappa shape index (κ1) is 20.0. The minimum absolute atomic E-state index is 0.0253. The average Bonchev–Trinajstić information content (AvgIpc) is 2.72. The molecule has 10 heteroatoms. The van der Waals surface area contributed by atoms with Crippen molar-refractivity contribution < 1.29 is 13.2 Å². The van der Waals surface area contributed by atoms with Gasteiger partial charge in [-0.1, -0.05) is 6.07 Å². The van der Waals surface area contributed by atoms with Crippen molar-refractivity contribution in [2.24, 2.45) is 0 Å². The molecule has 150 valence electrons. The summed E-state index contributed by atoms with van der Waals surface area (Å²) in [5.74, 6) is 0.477. The lowest BCUT2D eigenvalue weighted by Gasteiger charge is -2.34. The third kappa shape index (κ3) is 5.17. The average molecular weight is 405 g/mol. The van der Waals surface area contributed by atoms with E-state index in [-0.39, 0.29) is 23.8 Å². The zero-order valence-corrected chi connectivity index (χ0v) is 16.2. The molecule has 1 amide bonds. The van der Waals surface area contributed by atoms with Gasteiger partial charge in [-0.15, -0.1) is 0 Å². The number of hydrogen-bond acceptors (Lipinski definition) is 6. The van der Waals surface area contributed by atoms with Crippen molar-refractivity contribution in [1.82, 2.24) is 19.6 Å². The molecule has 1 saturated heterocycles. The van der Waals surface area contributed by atoms with Gasteiger partial charge in [-0.3, -0.25) is 9.59 Å². The van der Waals surface area contributed by atoms with Crippen LogP contribution >= 0.6 is 0 Å². The summed E-state index contributed by atoms with van der Waals surface area (Å²) in [7, 11) is -3.37. The maximum Gasteiger partial charge on any atom is 0.252 e. The van der Waals surface area contributed by atoms with Crippen LogP contribution in [0.15, 0.2) is 47.5 Å². The first-order chi connectivity index (χ1) is 13.5. The fraction of sp³-hybridized carbons (Fsp3) is 0.389. The van der Waals surface area contributed by atoms with E-state index < -0.39 is 10.0 Å². The third-order valence-corrected chi connectivity index (χ3v) is 6.47. The minimum Gasteiger partial charge on any atom is -0.354 e. The fourth-order valence-electron chi connectivity index (χ4n) is 2.98. The molecule has 1 aliphatic heterocycles. The lowest BCUT2D eigenvalue weighted by atomic mass is 10.2. The van der Waals surface area contributed by atoms with Crippen molar-refractivity contribution in [1.29, 1.82) is 0 Å². The molecule has 3 rings (SSSR count). The molecule has 0 saturated carbocycles. The molecule has 0 aromatic carbocycles. The summed E-state index contributed by atoms with van der Waals surface area (Å²) >= 11 is 0. The summed E-state index contributed by atoms with van der Waals surface area (Å²) in [5, 5.41) is 2.66. The van der Waals surface area contributed by atoms with Gasteiger partial charge in [0.15, 0.2) is 0 Å². The molecular weight excluding hydrogens is 382 g/mol. The van der Waals surface area contributed by atoms with Crippen molar-refractivity contribution in [3.05, 3.63) is 58.6 Å². The van der Waals surface area contributed by atoms with Crippen LogP contribution in [0.25, 0.3) is 0 Å². The van der Waals surface area contributed by atoms with Crippen molar-refractivity contribution in [3.63, 3.8) is 0 Å². The molecule has 0 spiro atoms. The van der Waals surface area contributed by atoms with E-state index in [0.29, 0.717) is 38.2 Å². The number of sulfonamides is 1. The van der Waals surface area contributed by atoms with E-state index in [1.807, 2.05) is 18.2 Å². The quantitative estimate of drug-likeness (QED) is 0.629.